The number of rotatable bonds is 8. The van der Waals surface area contributed by atoms with E-state index in [2.05, 4.69) is 12.2 Å². The van der Waals surface area contributed by atoms with Gasteiger partial charge in [0.2, 0.25) is 0 Å². The van der Waals surface area contributed by atoms with Crippen LogP contribution in [0.25, 0.3) is 0 Å². The van der Waals surface area contributed by atoms with Crippen molar-refractivity contribution < 1.29 is 13.2 Å². The lowest BCUT2D eigenvalue weighted by atomic mass is 10.1. The van der Waals surface area contributed by atoms with Crippen LogP contribution in [0, 0.1) is 0 Å². The zero-order valence-electron chi connectivity index (χ0n) is 12.7. The molecule has 1 N–H and O–H groups in total. The molecule has 20 heavy (non-hydrogen) atoms. The third-order valence-corrected chi connectivity index (χ3v) is 5.74. The fourth-order valence-corrected chi connectivity index (χ4v) is 3.88. The van der Waals surface area contributed by atoms with E-state index in [0.717, 1.165) is 19.4 Å². The van der Waals surface area contributed by atoms with Crippen molar-refractivity contribution in [2.24, 2.45) is 0 Å². The number of methoxy groups -OCH3 is 1. The van der Waals surface area contributed by atoms with E-state index in [4.69, 9.17) is 4.74 Å². The zero-order chi connectivity index (χ0) is 15.2. The van der Waals surface area contributed by atoms with Crippen LogP contribution in [-0.2, 0) is 9.84 Å². The average molecular weight is 299 g/mol. The molecule has 0 aliphatic heterocycles. The maximum atomic E-state index is 12.7. The molecule has 1 rings (SSSR count). The lowest BCUT2D eigenvalue weighted by Crippen LogP contribution is -2.42. The quantitative estimate of drug-likeness (QED) is 0.802. The standard InChI is InChI=1S/C15H25NO3S/c1-5-10-16-15(6-2)12(3)20(17,18)14-9-7-8-13(11-14)19-4/h7-9,11-12,15-16H,5-6,10H2,1-4H3. The van der Waals surface area contributed by atoms with Crippen molar-refractivity contribution in [1.82, 2.24) is 5.32 Å². The number of benzene rings is 1. The summed E-state index contributed by atoms with van der Waals surface area (Å²) < 4.78 is 30.4. The van der Waals surface area contributed by atoms with Crippen molar-refractivity contribution in [1.29, 1.82) is 0 Å². The first-order valence-electron chi connectivity index (χ1n) is 7.08. The molecule has 1 aromatic carbocycles. The van der Waals surface area contributed by atoms with Crippen LogP contribution < -0.4 is 10.1 Å². The molecule has 0 aromatic heterocycles. The SMILES string of the molecule is CCCNC(CC)C(C)S(=O)(=O)c1cccc(OC)c1. The molecule has 4 nitrogen and oxygen atoms in total. The molecule has 0 radical (unpaired) electrons. The number of sulfone groups is 1. The number of ether oxygens (including phenoxy) is 1. The van der Waals surface area contributed by atoms with Crippen LogP contribution in [0.1, 0.15) is 33.6 Å². The summed E-state index contributed by atoms with van der Waals surface area (Å²) in [7, 11) is -1.82. The van der Waals surface area contributed by atoms with E-state index in [0.29, 0.717) is 10.6 Å². The minimum atomic E-state index is -3.36. The summed E-state index contributed by atoms with van der Waals surface area (Å²) in [6.07, 6.45) is 1.77. The van der Waals surface area contributed by atoms with Crippen LogP contribution in [0.15, 0.2) is 29.2 Å². The molecule has 0 amide bonds. The van der Waals surface area contributed by atoms with Gasteiger partial charge in [0.05, 0.1) is 17.3 Å². The van der Waals surface area contributed by atoms with Crippen LogP contribution in [0.4, 0.5) is 0 Å². The summed E-state index contributed by atoms with van der Waals surface area (Å²) in [5, 5.41) is 2.85. The lowest BCUT2D eigenvalue weighted by molar-refractivity contribution is 0.413. The van der Waals surface area contributed by atoms with Crippen molar-refractivity contribution in [2.75, 3.05) is 13.7 Å². The van der Waals surface area contributed by atoms with Crippen molar-refractivity contribution in [2.45, 2.75) is 49.8 Å². The Hall–Kier alpha value is -1.07. The molecular weight excluding hydrogens is 274 g/mol. The fraction of sp³-hybridized carbons (Fsp3) is 0.600. The minimum absolute atomic E-state index is 0.0360. The molecule has 2 unspecified atom stereocenters. The van der Waals surface area contributed by atoms with Crippen LogP contribution in [0.5, 0.6) is 5.75 Å². The maximum Gasteiger partial charge on any atom is 0.182 e. The second kappa shape index (κ2) is 7.64. The van der Waals surface area contributed by atoms with Gasteiger partial charge in [-0.3, -0.25) is 0 Å². The monoisotopic (exact) mass is 299 g/mol. The van der Waals surface area contributed by atoms with Gasteiger partial charge in [0.1, 0.15) is 5.75 Å². The van der Waals surface area contributed by atoms with Gasteiger partial charge in [-0.25, -0.2) is 8.42 Å². The Labute approximate surface area is 122 Å². The van der Waals surface area contributed by atoms with E-state index >= 15 is 0 Å². The van der Waals surface area contributed by atoms with Crippen molar-refractivity contribution in [3.8, 4) is 5.75 Å². The molecule has 0 spiro atoms. The molecule has 0 aliphatic rings. The van der Waals surface area contributed by atoms with Gasteiger partial charge < -0.3 is 10.1 Å². The first-order chi connectivity index (χ1) is 9.47. The molecular formula is C15H25NO3S. The Morgan fingerprint density at radius 2 is 2.00 bits per heavy atom. The first kappa shape index (κ1) is 17.0. The fourth-order valence-electron chi connectivity index (χ4n) is 2.18. The number of hydrogen-bond donors (Lipinski definition) is 1. The summed E-state index contributed by atoms with van der Waals surface area (Å²) in [6.45, 7) is 6.67. The average Bonchev–Trinajstić information content (AvgIpc) is 2.47. The maximum absolute atomic E-state index is 12.7. The van der Waals surface area contributed by atoms with Crippen LogP contribution in [0.3, 0.4) is 0 Å². The third-order valence-electron chi connectivity index (χ3n) is 3.52. The summed E-state index contributed by atoms with van der Waals surface area (Å²) in [5.74, 6) is 0.563. The van der Waals surface area contributed by atoms with E-state index in [1.165, 1.54) is 7.11 Å². The Morgan fingerprint density at radius 1 is 1.30 bits per heavy atom. The van der Waals surface area contributed by atoms with Gasteiger partial charge in [0, 0.05) is 6.04 Å². The zero-order valence-corrected chi connectivity index (χ0v) is 13.5. The highest BCUT2D eigenvalue weighted by Gasteiger charge is 2.29. The highest BCUT2D eigenvalue weighted by atomic mass is 32.2. The summed E-state index contributed by atoms with van der Waals surface area (Å²) in [5.41, 5.74) is 0. The van der Waals surface area contributed by atoms with E-state index in [1.54, 1.807) is 31.2 Å². The molecule has 0 saturated heterocycles. The van der Waals surface area contributed by atoms with Gasteiger partial charge in [0.15, 0.2) is 9.84 Å². The Morgan fingerprint density at radius 3 is 2.55 bits per heavy atom. The minimum Gasteiger partial charge on any atom is -0.497 e. The van der Waals surface area contributed by atoms with Gasteiger partial charge in [-0.1, -0.05) is 19.9 Å². The van der Waals surface area contributed by atoms with Crippen LogP contribution >= 0.6 is 0 Å². The second-order valence-electron chi connectivity index (χ2n) is 4.90. The van der Waals surface area contributed by atoms with E-state index < -0.39 is 15.1 Å². The highest BCUT2D eigenvalue weighted by Crippen LogP contribution is 2.23. The lowest BCUT2D eigenvalue weighted by Gasteiger charge is -2.24. The summed E-state index contributed by atoms with van der Waals surface area (Å²) >= 11 is 0. The first-order valence-corrected chi connectivity index (χ1v) is 8.63. The van der Waals surface area contributed by atoms with Gasteiger partial charge in [0.25, 0.3) is 0 Å². The highest BCUT2D eigenvalue weighted by molar-refractivity contribution is 7.92. The third kappa shape index (κ3) is 3.96. The molecule has 0 saturated carbocycles. The van der Waals surface area contributed by atoms with E-state index in [-0.39, 0.29) is 6.04 Å². The largest absolute Gasteiger partial charge is 0.497 e. The molecule has 0 fully saturated rings. The van der Waals surface area contributed by atoms with Crippen molar-refractivity contribution in [3.63, 3.8) is 0 Å². The number of hydrogen-bond acceptors (Lipinski definition) is 4. The van der Waals surface area contributed by atoms with Crippen LogP contribution in [0.2, 0.25) is 0 Å². The van der Waals surface area contributed by atoms with E-state index in [1.807, 2.05) is 6.92 Å². The van der Waals surface area contributed by atoms with Crippen LogP contribution in [-0.4, -0.2) is 33.4 Å². The van der Waals surface area contributed by atoms with Crippen molar-refractivity contribution in [3.05, 3.63) is 24.3 Å². The topological polar surface area (TPSA) is 55.4 Å². The molecule has 1 aromatic rings. The smallest absolute Gasteiger partial charge is 0.182 e. The van der Waals surface area contributed by atoms with Crippen molar-refractivity contribution >= 4 is 9.84 Å². The normalized spacial score (nSPS) is 14.8. The number of nitrogens with one attached hydrogen (secondary N) is 1. The Balaban J connectivity index is 3.01. The van der Waals surface area contributed by atoms with Gasteiger partial charge in [-0.15, -0.1) is 0 Å². The van der Waals surface area contributed by atoms with Gasteiger partial charge in [-0.2, -0.15) is 0 Å². The summed E-state index contributed by atoms with van der Waals surface area (Å²) in [4.78, 5) is 0.320. The predicted molar refractivity (Wildman–Crippen MR) is 82.0 cm³/mol. The van der Waals surface area contributed by atoms with Gasteiger partial charge in [-0.05, 0) is 44.5 Å². The molecule has 114 valence electrons. The molecule has 0 bridgehead atoms. The Bertz CT molecular complexity index is 514. The molecule has 2 atom stereocenters. The van der Waals surface area contributed by atoms with Gasteiger partial charge >= 0.3 is 0 Å². The molecule has 0 aliphatic carbocycles. The molecule has 0 heterocycles. The second-order valence-corrected chi connectivity index (χ2v) is 7.20. The Kier molecular flexibility index (Phi) is 6.49. The van der Waals surface area contributed by atoms with E-state index in [9.17, 15) is 8.42 Å². The summed E-state index contributed by atoms with van der Waals surface area (Å²) in [6, 6.07) is 6.63. The molecule has 5 heteroatoms. The predicted octanol–water partition coefficient (Wildman–Crippen LogP) is 2.64.